The molecule has 7 heteroatoms. The summed E-state index contributed by atoms with van der Waals surface area (Å²) in [5, 5.41) is 6.44. The summed E-state index contributed by atoms with van der Waals surface area (Å²) in [7, 11) is 0. The molecule has 0 saturated heterocycles. The van der Waals surface area contributed by atoms with Gasteiger partial charge in [-0.15, -0.1) is 0 Å². The molecule has 1 saturated carbocycles. The highest BCUT2D eigenvalue weighted by Crippen LogP contribution is 2.25. The fourth-order valence-corrected chi connectivity index (χ4v) is 3.06. The van der Waals surface area contributed by atoms with Crippen molar-refractivity contribution in [3.8, 4) is 0 Å². The number of primary amides is 1. The minimum atomic E-state index is -0.171. The number of hydrogen-bond donors (Lipinski definition) is 3. The van der Waals surface area contributed by atoms with Crippen LogP contribution in [0.4, 0.5) is 0 Å². The molecule has 0 radical (unpaired) electrons. The Morgan fingerprint density at radius 2 is 1.88 bits per heavy atom. The molecule has 148 valence electrons. The second-order valence-electron chi connectivity index (χ2n) is 6.96. The Morgan fingerprint density at radius 3 is 2.46 bits per heavy atom. The van der Waals surface area contributed by atoms with Crippen LogP contribution in [0, 0.1) is 12.8 Å². The van der Waals surface area contributed by atoms with E-state index in [1.165, 1.54) is 32.1 Å². The van der Waals surface area contributed by atoms with Gasteiger partial charge in [-0.3, -0.25) is 9.59 Å². The van der Waals surface area contributed by atoms with E-state index in [1.807, 2.05) is 0 Å². The maximum absolute atomic E-state index is 11.5. The van der Waals surface area contributed by atoms with Crippen LogP contribution in [0.5, 0.6) is 0 Å². The topological polar surface area (TPSA) is 124 Å². The lowest BCUT2D eigenvalue weighted by Crippen LogP contribution is -2.24. The van der Waals surface area contributed by atoms with E-state index in [0.717, 1.165) is 32.2 Å². The molecule has 1 aliphatic rings. The average Bonchev–Trinajstić information content (AvgIpc) is 3.05. The van der Waals surface area contributed by atoms with Gasteiger partial charge in [-0.2, -0.15) is 0 Å². The van der Waals surface area contributed by atoms with Crippen LogP contribution >= 0.6 is 0 Å². The Kier molecular flexibility index (Phi) is 11.4. The summed E-state index contributed by atoms with van der Waals surface area (Å²) in [4.78, 5) is 22.0. The lowest BCUT2D eigenvalue weighted by Gasteiger charge is -2.19. The maximum Gasteiger partial charge on any atom is 0.273 e. The van der Waals surface area contributed by atoms with Crippen LogP contribution in [0.2, 0.25) is 0 Å². The van der Waals surface area contributed by atoms with Crippen LogP contribution in [-0.2, 0) is 4.79 Å². The summed E-state index contributed by atoms with van der Waals surface area (Å²) in [5.41, 5.74) is 10.8. The Bertz CT molecular complexity index is 525. The number of carbonyl (C=O) groups is 2. The molecule has 5 N–H and O–H groups in total. The first-order valence-corrected chi connectivity index (χ1v) is 9.72. The van der Waals surface area contributed by atoms with Gasteiger partial charge < -0.3 is 21.3 Å². The Labute approximate surface area is 156 Å². The SMILES string of the molecule is Cc1cc(C(=O)NCCCCCCN)no1.NC(=O)CC1CCCCC1. The second kappa shape index (κ2) is 13.3. The molecule has 1 aromatic heterocycles. The lowest BCUT2D eigenvalue weighted by atomic mass is 9.87. The molecule has 7 nitrogen and oxygen atoms in total. The summed E-state index contributed by atoms with van der Waals surface area (Å²) in [6.45, 7) is 3.18. The molecule has 0 spiro atoms. The van der Waals surface area contributed by atoms with Gasteiger partial charge in [-0.1, -0.05) is 37.3 Å². The summed E-state index contributed by atoms with van der Waals surface area (Å²) in [6.07, 6.45) is 11.2. The number of nitrogens with two attached hydrogens (primary N) is 2. The first-order chi connectivity index (χ1) is 12.5. The van der Waals surface area contributed by atoms with Gasteiger partial charge in [0.15, 0.2) is 5.69 Å². The molecular formula is C19H34N4O3. The van der Waals surface area contributed by atoms with Crippen LogP contribution in [-0.4, -0.2) is 30.1 Å². The standard InChI is InChI=1S/C11H19N3O2.C8H15NO/c1-9-8-10(14-16-9)11(15)13-7-5-3-2-4-6-12;9-8(10)6-7-4-2-1-3-5-7/h8H,2-7,12H2,1H3,(H,13,15);7H,1-6H2,(H2,9,10). The van der Waals surface area contributed by atoms with Crippen molar-refractivity contribution in [2.45, 2.75) is 71.1 Å². The van der Waals surface area contributed by atoms with Crippen LogP contribution in [0.3, 0.4) is 0 Å². The van der Waals surface area contributed by atoms with E-state index in [1.54, 1.807) is 13.0 Å². The third-order valence-corrected chi connectivity index (χ3v) is 4.49. The van der Waals surface area contributed by atoms with Gasteiger partial charge >= 0.3 is 0 Å². The van der Waals surface area contributed by atoms with Gasteiger partial charge in [-0.25, -0.2) is 0 Å². The highest BCUT2D eigenvalue weighted by molar-refractivity contribution is 5.92. The highest BCUT2D eigenvalue weighted by atomic mass is 16.5. The van der Waals surface area contributed by atoms with E-state index in [9.17, 15) is 9.59 Å². The molecule has 2 amide bonds. The molecule has 1 heterocycles. The largest absolute Gasteiger partial charge is 0.370 e. The molecule has 1 aromatic rings. The van der Waals surface area contributed by atoms with E-state index in [4.69, 9.17) is 16.0 Å². The smallest absolute Gasteiger partial charge is 0.273 e. The van der Waals surface area contributed by atoms with Gasteiger partial charge in [0.2, 0.25) is 5.91 Å². The van der Waals surface area contributed by atoms with E-state index in [-0.39, 0.29) is 11.8 Å². The molecule has 0 unspecified atom stereocenters. The number of rotatable bonds is 9. The summed E-state index contributed by atoms with van der Waals surface area (Å²) in [5.74, 6) is 0.946. The van der Waals surface area contributed by atoms with Gasteiger partial charge in [-0.05, 0) is 45.1 Å². The normalized spacial score (nSPS) is 14.4. The molecule has 0 aromatic carbocycles. The number of aromatic nitrogens is 1. The summed E-state index contributed by atoms with van der Waals surface area (Å²) in [6, 6.07) is 1.63. The average molecular weight is 367 g/mol. The van der Waals surface area contributed by atoms with E-state index in [2.05, 4.69) is 10.5 Å². The Balaban J connectivity index is 0.000000289. The minimum absolute atomic E-state index is 0.132. The fraction of sp³-hybridized carbons (Fsp3) is 0.737. The number of nitrogens with one attached hydrogen (secondary N) is 1. The Hall–Kier alpha value is -1.89. The Morgan fingerprint density at radius 1 is 1.19 bits per heavy atom. The van der Waals surface area contributed by atoms with Crippen molar-refractivity contribution in [3.05, 3.63) is 17.5 Å². The molecule has 0 aliphatic heterocycles. The highest BCUT2D eigenvalue weighted by Gasteiger charge is 2.14. The first kappa shape index (κ1) is 22.2. The number of aryl methyl sites for hydroxylation is 1. The van der Waals surface area contributed by atoms with Crippen molar-refractivity contribution in [3.63, 3.8) is 0 Å². The number of hydrogen-bond acceptors (Lipinski definition) is 5. The molecule has 1 aliphatic carbocycles. The molecule has 1 fully saturated rings. The molecule has 0 atom stereocenters. The molecular weight excluding hydrogens is 332 g/mol. The summed E-state index contributed by atoms with van der Waals surface area (Å²) >= 11 is 0. The van der Waals surface area contributed by atoms with Crippen molar-refractivity contribution >= 4 is 11.8 Å². The van der Waals surface area contributed by atoms with Crippen molar-refractivity contribution < 1.29 is 14.1 Å². The number of amides is 2. The van der Waals surface area contributed by atoms with Crippen molar-refractivity contribution in [1.82, 2.24) is 10.5 Å². The molecule has 26 heavy (non-hydrogen) atoms. The predicted octanol–water partition coefficient (Wildman–Crippen LogP) is 2.67. The number of carbonyl (C=O) groups excluding carboxylic acids is 2. The molecule has 2 rings (SSSR count). The number of unbranched alkanes of at least 4 members (excludes halogenated alkanes) is 3. The van der Waals surface area contributed by atoms with E-state index >= 15 is 0 Å². The fourth-order valence-electron chi connectivity index (χ4n) is 3.06. The van der Waals surface area contributed by atoms with Gasteiger partial charge in [0.05, 0.1) is 0 Å². The molecule has 0 bridgehead atoms. The zero-order valence-corrected chi connectivity index (χ0v) is 16.0. The van der Waals surface area contributed by atoms with Crippen molar-refractivity contribution in [1.29, 1.82) is 0 Å². The van der Waals surface area contributed by atoms with Gasteiger partial charge in [0.1, 0.15) is 5.76 Å². The van der Waals surface area contributed by atoms with Crippen LogP contribution < -0.4 is 16.8 Å². The number of nitrogens with zero attached hydrogens (tertiary/aromatic N) is 1. The quantitative estimate of drug-likeness (QED) is 0.580. The van der Waals surface area contributed by atoms with Crippen molar-refractivity contribution in [2.75, 3.05) is 13.1 Å². The third kappa shape index (κ3) is 10.2. The monoisotopic (exact) mass is 366 g/mol. The zero-order valence-electron chi connectivity index (χ0n) is 16.0. The van der Waals surface area contributed by atoms with E-state index in [0.29, 0.717) is 30.3 Å². The third-order valence-electron chi connectivity index (χ3n) is 4.49. The second-order valence-corrected chi connectivity index (χ2v) is 6.96. The maximum atomic E-state index is 11.5. The lowest BCUT2D eigenvalue weighted by molar-refractivity contribution is -0.119. The van der Waals surface area contributed by atoms with Gasteiger partial charge in [0, 0.05) is 19.0 Å². The first-order valence-electron chi connectivity index (χ1n) is 9.72. The minimum Gasteiger partial charge on any atom is -0.370 e. The zero-order chi connectivity index (χ0) is 19.2. The van der Waals surface area contributed by atoms with Crippen LogP contribution in [0.1, 0.15) is 80.5 Å². The predicted molar refractivity (Wildman–Crippen MR) is 101 cm³/mol. The van der Waals surface area contributed by atoms with Crippen LogP contribution in [0.25, 0.3) is 0 Å². The van der Waals surface area contributed by atoms with E-state index < -0.39 is 0 Å². The van der Waals surface area contributed by atoms with Gasteiger partial charge in [0.25, 0.3) is 5.91 Å². The van der Waals surface area contributed by atoms with Crippen molar-refractivity contribution in [2.24, 2.45) is 17.4 Å². The summed E-state index contributed by atoms with van der Waals surface area (Å²) < 4.78 is 4.82. The van der Waals surface area contributed by atoms with Crippen LogP contribution in [0.15, 0.2) is 10.6 Å².